The lowest BCUT2D eigenvalue weighted by atomic mass is 10.0. The van der Waals surface area contributed by atoms with E-state index in [-0.39, 0.29) is 0 Å². The van der Waals surface area contributed by atoms with E-state index in [9.17, 15) is 0 Å². The Kier molecular flexibility index (Phi) is 3.52. The molecule has 20 heavy (non-hydrogen) atoms. The van der Waals surface area contributed by atoms with E-state index < -0.39 is 0 Å². The largest absolute Gasteiger partial charge is 0.325 e. The van der Waals surface area contributed by atoms with Gasteiger partial charge in [-0.3, -0.25) is 0 Å². The Morgan fingerprint density at radius 2 is 1.85 bits per heavy atom. The van der Waals surface area contributed by atoms with Crippen molar-refractivity contribution in [3.05, 3.63) is 71.3 Å². The second-order valence-electron chi connectivity index (χ2n) is 5.06. The Morgan fingerprint density at radius 3 is 2.65 bits per heavy atom. The molecule has 2 heterocycles. The fourth-order valence-electron chi connectivity index (χ4n) is 2.63. The summed E-state index contributed by atoms with van der Waals surface area (Å²) in [5.41, 5.74) is 10.6. The first-order valence-electron chi connectivity index (χ1n) is 6.99. The van der Waals surface area contributed by atoms with E-state index in [2.05, 4.69) is 47.9 Å². The number of pyridine rings is 1. The first-order valence-corrected chi connectivity index (χ1v) is 6.99. The highest BCUT2D eigenvalue weighted by molar-refractivity contribution is 5.53. The van der Waals surface area contributed by atoms with Crippen LogP contribution in [-0.2, 0) is 19.4 Å². The van der Waals surface area contributed by atoms with Crippen LogP contribution in [0.3, 0.4) is 0 Å². The Hall–Kier alpha value is -2.13. The summed E-state index contributed by atoms with van der Waals surface area (Å²) in [7, 11) is 0. The molecule has 0 radical (unpaired) electrons. The maximum Gasteiger partial charge on any atom is 0.113 e. The molecule has 0 fully saturated rings. The van der Waals surface area contributed by atoms with Crippen molar-refractivity contribution in [1.29, 1.82) is 0 Å². The van der Waals surface area contributed by atoms with Crippen LogP contribution in [0.1, 0.15) is 22.6 Å². The minimum absolute atomic E-state index is 0.484. The molecular weight excluding hydrogens is 246 g/mol. The maximum atomic E-state index is 5.78. The minimum atomic E-state index is 0.484. The molecule has 0 unspecified atom stereocenters. The van der Waals surface area contributed by atoms with Gasteiger partial charge in [-0.1, -0.05) is 30.3 Å². The van der Waals surface area contributed by atoms with Crippen LogP contribution >= 0.6 is 0 Å². The van der Waals surface area contributed by atoms with Crippen LogP contribution in [0.2, 0.25) is 0 Å². The molecular formula is C17H19N3. The Bertz CT molecular complexity index is 728. The highest BCUT2D eigenvalue weighted by atomic mass is 15.0. The molecule has 0 aliphatic heterocycles. The Balaban J connectivity index is 1.90. The number of aryl methyl sites for hydroxylation is 3. The quantitative estimate of drug-likeness (QED) is 0.788. The highest BCUT2D eigenvalue weighted by Gasteiger charge is 2.09. The number of aromatic nitrogens is 2. The number of rotatable bonds is 4. The lowest BCUT2D eigenvalue weighted by Crippen LogP contribution is -1.99. The van der Waals surface area contributed by atoms with Gasteiger partial charge in [0.15, 0.2) is 0 Å². The van der Waals surface area contributed by atoms with E-state index >= 15 is 0 Å². The van der Waals surface area contributed by atoms with E-state index in [0.29, 0.717) is 6.54 Å². The lowest BCUT2D eigenvalue weighted by Gasteiger charge is -2.05. The zero-order valence-corrected chi connectivity index (χ0v) is 11.7. The van der Waals surface area contributed by atoms with Crippen molar-refractivity contribution in [3.63, 3.8) is 0 Å². The van der Waals surface area contributed by atoms with Crippen molar-refractivity contribution in [2.45, 2.75) is 26.3 Å². The van der Waals surface area contributed by atoms with Crippen molar-refractivity contribution < 1.29 is 0 Å². The zero-order chi connectivity index (χ0) is 13.9. The predicted molar refractivity (Wildman–Crippen MR) is 81.7 cm³/mol. The van der Waals surface area contributed by atoms with Crippen LogP contribution in [0, 0.1) is 6.92 Å². The van der Waals surface area contributed by atoms with Crippen LogP contribution in [-0.4, -0.2) is 9.38 Å². The van der Waals surface area contributed by atoms with Crippen LogP contribution in [0.25, 0.3) is 5.52 Å². The Morgan fingerprint density at radius 1 is 1.05 bits per heavy atom. The predicted octanol–water partition coefficient (Wildman–Crippen LogP) is 2.89. The van der Waals surface area contributed by atoms with E-state index in [0.717, 1.165) is 29.9 Å². The van der Waals surface area contributed by atoms with Gasteiger partial charge in [0.05, 0.1) is 11.2 Å². The molecule has 3 nitrogen and oxygen atoms in total. The normalized spacial score (nSPS) is 11.1. The summed E-state index contributed by atoms with van der Waals surface area (Å²) in [4.78, 5) is 4.69. The monoisotopic (exact) mass is 265 g/mol. The van der Waals surface area contributed by atoms with Crippen molar-refractivity contribution in [2.24, 2.45) is 5.73 Å². The van der Waals surface area contributed by atoms with Crippen LogP contribution in [0.4, 0.5) is 0 Å². The summed E-state index contributed by atoms with van der Waals surface area (Å²) in [5.74, 6) is 1.09. The molecule has 0 spiro atoms. The summed E-state index contributed by atoms with van der Waals surface area (Å²) < 4.78 is 2.15. The van der Waals surface area contributed by atoms with Gasteiger partial charge in [-0.05, 0) is 36.6 Å². The smallest absolute Gasteiger partial charge is 0.113 e. The topological polar surface area (TPSA) is 43.3 Å². The van der Waals surface area contributed by atoms with Gasteiger partial charge in [0.25, 0.3) is 0 Å². The van der Waals surface area contributed by atoms with Crippen molar-refractivity contribution >= 4 is 5.52 Å². The van der Waals surface area contributed by atoms with E-state index in [4.69, 9.17) is 10.7 Å². The van der Waals surface area contributed by atoms with Gasteiger partial charge in [0.1, 0.15) is 5.82 Å². The molecule has 0 bridgehead atoms. The third kappa shape index (κ3) is 2.32. The number of nitrogens with two attached hydrogens (primary N) is 1. The van der Waals surface area contributed by atoms with Gasteiger partial charge in [-0.15, -0.1) is 0 Å². The molecule has 3 heteroatoms. The van der Waals surface area contributed by atoms with Crippen molar-refractivity contribution in [2.75, 3.05) is 0 Å². The van der Waals surface area contributed by atoms with Crippen LogP contribution in [0.15, 0.2) is 48.7 Å². The van der Waals surface area contributed by atoms with Crippen molar-refractivity contribution in [3.8, 4) is 0 Å². The molecule has 1 aromatic carbocycles. The summed E-state index contributed by atoms with van der Waals surface area (Å²) in [6, 6.07) is 14.7. The maximum absolute atomic E-state index is 5.78. The summed E-state index contributed by atoms with van der Waals surface area (Å²) in [5, 5.41) is 0. The number of hydrogen-bond acceptors (Lipinski definition) is 2. The third-order valence-corrected chi connectivity index (χ3v) is 3.77. The van der Waals surface area contributed by atoms with E-state index in [1.807, 2.05) is 12.1 Å². The SMILES string of the molecule is Cc1ccccc1CCc1nc(CN)c2ccccn12. The average molecular weight is 265 g/mol. The van der Waals surface area contributed by atoms with Gasteiger partial charge in [-0.25, -0.2) is 4.98 Å². The second-order valence-corrected chi connectivity index (χ2v) is 5.06. The second kappa shape index (κ2) is 5.47. The van der Waals surface area contributed by atoms with Crippen molar-refractivity contribution in [1.82, 2.24) is 9.38 Å². The Labute approximate surface area is 119 Å². The standard InChI is InChI=1S/C17H19N3/c1-13-6-2-3-7-14(13)9-10-17-19-15(12-18)16-8-4-5-11-20(16)17/h2-8,11H,9-10,12,18H2,1H3. The lowest BCUT2D eigenvalue weighted by molar-refractivity contribution is 0.841. The molecule has 0 amide bonds. The molecule has 2 aromatic heterocycles. The van der Waals surface area contributed by atoms with Crippen LogP contribution < -0.4 is 5.73 Å². The number of imidazole rings is 1. The van der Waals surface area contributed by atoms with E-state index in [1.165, 1.54) is 11.1 Å². The van der Waals surface area contributed by atoms with Gasteiger partial charge in [0, 0.05) is 19.2 Å². The van der Waals surface area contributed by atoms with Gasteiger partial charge >= 0.3 is 0 Å². The molecule has 102 valence electrons. The minimum Gasteiger partial charge on any atom is -0.325 e. The number of nitrogens with zero attached hydrogens (tertiary/aromatic N) is 2. The fourth-order valence-corrected chi connectivity index (χ4v) is 2.63. The molecule has 0 aliphatic rings. The average Bonchev–Trinajstić information content (AvgIpc) is 2.85. The van der Waals surface area contributed by atoms with Gasteiger partial charge in [-0.2, -0.15) is 0 Å². The number of hydrogen-bond donors (Lipinski definition) is 1. The summed E-state index contributed by atoms with van der Waals surface area (Å²) in [6.45, 7) is 2.64. The summed E-state index contributed by atoms with van der Waals surface area (Å²) >= 11 is 0. The third-order valence-electron chi connectivity index (χ3n) is 3.77. The fraction of sp³-hybridized carbons (Fsp3) is 0.235. The van der Waals surface area contributed by atoms with Gasteiger partial charge < -0.3 is 10.1 Å². The number of fused-ring (bicyclic) bond motifs is 1. The number of benzene rings is 1. The molecule has 0 atom stereocenters. The molecule has 0 saturated carbocycles. The first kappa shape index (κ1) is 12.9. The molecule has 0 saturated heterocycles. The molecule has 3 rings (SSSR count). The van der Waals surface area contributed by atoms with Gasteiger partial charge in [0.2, 0.25) is 0 Å². The molecule has 0 aliphatic carbocycles. The molecule has 2 N–H and O–H groups in total. The summed E-state index contributed by atoms with van der Waals surface area (Å²) in [6.07, 6.45) is 4.00. The highest BCUT2D eigenvalue weighted by Crippen LogP contribution is 2.16. The zero-order valence-electron chi connectivity index (χ0n) is 11.7. The van der Waals surface area contributed by atoms with E-state index in [1.54, 1.807) is 0 Å². The molecule has 3 aromatic rings. The first-order chi connectivity index (χ1) is 9.79. The van der Waals surface area contributed by atoms with Crippen LogP contribution in [0.5, 0.6) is 0 Å².